The lowest BCUT2D eigenvalue weighted by molar-refractivity contribution is 0.0478. The van der Waals surface area contributed by atoms with E-state index >= 15 is 0 Å². The zero-order valence-corrected chi connectivity index (χ0v) is 10.00. The summed E-state index contributed by atoms with van der Waals surface area (Å²) in [5.41, 5.74) is 2.83. The summed E-state index contributed by atoms with van der Waals surface area (Å²) in [7, 11) is 0. The van der Waals surface area contributed by atoms with E-state index in [-0.39, 0.29) is 0 Å². The largest absolute Gasteiger partial charge is 0.0998 e. The van der Waals surface area contributed by atoms with Crippen LogP contribution in [0.5, 0.6) is 0 Å². The van der Waals surface area contributed by atoms with Gasteiger partial charge in [-0.25, -0.2) is 0 Å². The molecule has 0 heterocycles. The zero-order valence-electron chi connectivity index (χ0n) is 10.00. The fourth-order valence-electron chi connectivity index (χ4n) is 4.98. The van der Waals surface area contributed by atoms with Crippen LogP contribution >= 0.6 is 0 Å². The van der Waals surface area contributed by atoms with Gasteiger partial charge in [0.05, 0.1) is 0 Å². The van der Waals surface area contributed by atoms with Crippen molar-refractivity contribution in [2.75, 3.05) is 0 Å². The maximum absolute atomic E-state index is 4.23. The Labute approximate surface area is 93.5 Å². The maximum atomic E-state index is 4.23. The number of fused-ring (bicyclic) bond motifs is 5. The minimum atomic E-state index is 0.772. The Hall–Kier alpha value is -0.520. The highest BCUT2D eigenvalue weighted by atomic mass is 14.6. The molecule has 0 radical (unpaired) electrons. The van der Waals surface area contributed by atoms with E-state index in [1.165, 1.54) is 30.4 Å². The quantitative estimate of drug-likeness (QED) is 0.593. The Morgan fingerprint density at radius 1 is 0.800 bits per heavy atom. The molecule has 0 saturated heterocycles. The van der Waals surface area contributed by atoms with Crippen molar-refractivity contribution in [3.05, 3.63) is 24.3 Å². The van der Waals surface area contributed by atoms with Gasteiger partial charge in [-0.05, 0) is 68.6 Å². The molecule has 3 saturated carbocycles. The Morgan fingerprint density at radius 2 is 1.20 bits per heavy atom. The highest BCUT2D eigenvalue weighted by Crippen LogP contribution is 2.67. The lowest BCUT2D eigenvalue weighted by Gasteiger charge is -2.48. The van der Waals surface area contributed by atoms with E-state index in [1.54, 1.807) is 0 Å². The van der Waals surface area contributed by atoms with E-state index in [1.807, 2.05) is 0 Å². The van der Waals surface area contributed by atoms with Crippen LogP contribution in [0.3, 0.4) is 0 Å². The third-order valence-corrected chi connectivity index (χ3v) is 5.48. The summed E-state index contributed by atoms with van der Waals surface area (Å²) in [4.78, 5) is 0. The van der Waals surface area contributed by atoms with E-state index in [0.717, 1.165) is 35.5 Å². The van der Waals surface area contributed by atoms with Crippen molar-refractivity contribution in [1.82, 2.24) is 0 Å². The lowest BCUT2D eigenvalue weighted by atomic mass is 9.57. The predicted octanol–water partition coefficient (Wildman–Crippen LogP) is 4.05. The molecule has 82 valence electrons. The second kappa shape index (κ2) is 2.99. The molecule has 3 rings (SSSR count). The first-order chi connectivity index (χ1) is 7.11. The summed E-state index contributed by atoms with van der Waals surface area (Å²) >= 11 is 0. The average Bonchev–Trinajstić information content (AvgIpc) is 2.51. The van der Waals surface area contributed by atoms with Crippen molar-refractivity contribution in [3.8, 4) is 0 Å². The normalized spacial score (nSPS) is 51.1. The Bertz CT molecular complexity index is 293. The minimum Gasteiger partial charge on any atom is -0.0998 e. The van der Waals surface area contributed by atoms with Gasteiger partial charge in [0, 0.05) is 0 Å². The summed E-state index contributed by atoms with van der Waals surface area (Å²) in [5.74, 6) is 5.60. The van der Waals surface area contributed by atoms with Gasteiger partial charge in [-0.15, -0.1) is 0 Å². The molecule has 0 amide bonds. The van der Waals surface area contributed by atoms with E-state index < -0.39 is 0 Å². The van der Waals surface area contributed by atoms with E-state index in [2.05, 4.69) is 27.0 Å². The molecule has 0 aromatic rings. The second-order valence-corrected chi connectivity index (χ2v) is 6.21. The van der Waals surface area contributed by atoms with Crippen molar-refractivity contribution in [2.45, 2.75) is 33.1 Å². The Morgan fingerprint density at radius 3 is 1.47 bits per heavy atom. The van der Waals surface area contributed by atoms with Crippen molar-refractivity contribution in [2.24, 2.45) is 35.5 Å². The first kappa shape index (κ1) is 9.69. The number of allylic oxidation sites excluding steroid dienone is 2. The van der Waals surface area contributed by atoms with Gasteiger partial charge in [-0.3, -0.25) is 0 Å². The summed E-state index contributed by atoms with van der Waals surface area (Å²) in [6, 6.07) is 0. The van der Waals surface area contributed by atoms with E-state index in [4.69, 9.17) is 0 Å². The van der Waals surface area contributed by atoms with Gasteiger partial charge in [0.15, 0.2) is 0 Å². The van der Waals surface area contributed by atoms with Crippen LogP contribution in [0.1, 0.15) is 33.1 Å². The maximum Gasteiger partial charge on any atom is -0.0109 e. The molecule has 0 aromatic carbocycles. The summed E-state index contributed by atoms with van der Waals surface area (Å²) in [5, 5.41) is 0. The highest BCUT2D eigenvalue weighted by Gasteiger charge is 2.60. The Kier molecular flexibility index (Phi) is 1.93. The average molecular weight is 202 g/mol. The molecular weight excluding hydrogens is 180 g/mol. The van der Waals surface area contributed by atoms with Gasteiger partial charge in [-0.2, -0.15) is 0 Å². The van der Waals surface area contributed by atoms with Crippen molar-refractivity contribution in [3.63, 3.8) is 0 Å². The van der Waals surface area contributed by atoms with Gasteiger partial charge >= 0.3 is 0 Å². The highest BCUT2D eigenvalue weighted by molar-refractivity contribution is 5.23. The molecule has 0 spiro atoms. The van der Waals surface area contributed by atoms with Gasteiger partial charge in [0.2, 0.25) is 0 Å². The predicted molar refractivity (Wildman–Crippen MR) is 64.4 cm³/mol. The molecule has 15 heavy (non-hydrogen) atoms. The van der Waals surface area contributed by atoms with Gasteiger partial charge < -0.3 is 0 Å². The van der Waals surface area contributed by atoms with Gasteiger partial charge in [0.25, 0.3) is 0 Å². The fourth-order valence-corrected chi connectivity index (χ4v) is 4.98. The van der Waals surface area contributed by atoms with Crippen molar-refractivity contribution in [1.29, 1.82) is 0 Å². The Balaban J connectivity index is 1.94. The van der Waals surface area contributed by atoms with Crippen LogP contribution in [0.4, 0.5) is 0 Å². The molecule has 3 aliphatic rings. The van der Waals surface area contributed by atoms with Crippen LogP contribution in [0.15, 0.2) is 24.3 Å². The zero-order chi connectivity index (χ0) is 10.7. The molecular formula is C15H22. The van der Waals surface area contributed by atoms with Crippen LogP contribution in [0, 0.1) is 35.5 Å². The third-order valence-electron chi connectivity index (χ3n) is 5.48. The minimum absolute atomic E-state index is 0.772. The molecule has 0 N–H and O–H groups in total. The molecule has 3 aliphatic carbocycles. The number of rotatable bonds is 2. The molecule has 0 heteroatoms. The van der Waals surface area contributed by atoms with Crippen LogP contribution in [0.2, 0.25) is 0 Å². The summed E-state index contributed by atoms with van der Waals surface area (Å²) in [6.07, 6.45) is 4.47. The number of hydrogen-bond donors (Lipinski definition) is 0. The fraction of sp³-hybridized carbons (Fsp3) is 0.733. The first-order valence-electron chi connectivity index (χ1n) is 6.42. The summed E-state index contributed by atoms with van der Waals surface area (Å²) in [6.45, 7) is 12.9. The third kappa shape index (κ3) is 1.08. The first-order valence-corrected chi connectivity index (χ1v) is 6.42. The van der Waals surface area contributed by atoms with Gasteiger partial charge in [-0.1, -0.05) is 24.3 Å². The molecule has 5 unspecified atom stereocenters. The second-order valence-electron chi connectivity index (χ2n) is 6.21. The molecule has 6 atom stereocenters. The lowest BCUT2D eigenvalue weighted by Crippen LogP contribution is -2.41. The molecule has 0 aromatic heterocycles. The van der Waals surface area contributed by atoms with Crippen molar-refractivity contribution < 1.29 is 0 Å². The number of hydrogen-bond acceptors (Lipinski definition) is 0. The smallest absolute Gasteiger partial charge is 0.0109 e. The summed E-state index contributed by atoms with van der Waals surface area (Å²) < 4.78 is 0. The SMILES string of the molecule is C=C(C)C1C2CC(C1C(=C)C)[C@H]1CCC21. The molecule has 0 aliphatic heterocycles. The van der Waals surface area contributed by atoms with Crippen LogP contribution in [0.25, 0.3) is 0 Å². The van der Waals surface area contributed by atoms with Crippen molar-refractivity contribution >= 4 is 0 Å². The van der Waals surface area contributed by atoms with Crippen LogP contribution in [-0.4, -0.2) is 0 Å². The molecule has 3 fully saturated rings. The monoisotopic (exact) mass is 202 g/mol. The standard InChI is InChI=1S/C15H22/c1-8(2)14-12-7-13(15(14)9(3)4)11-6-5-10(11)12/h10-15H,1,3,5-7H2,2,4H3/t10-,11?,12?,13?,14?,15?/m0/s1. The molecule has 0 nitrogen and oxygen atoms in total. The van der Waals surface area contributed by atoms with Crippen LogP contribution < -0.4 is 0 Å². The topological polar surface area (TPSA) is 0 Å². The van der Waals surface area contributed by atoms with Gasteiger partial charge in [0.1, 0.15) is 0 Å². The van der Waals surface area contributed by atoms with Crippen LogP contribution in [-0.2, 0) is 0 Å². The van der Waals surface area contributed by atoms with E-state index in [9.17, 15) is 0 Å². The molecule has 2 bridgehead atoms. The van der Waals surface area contributed by atoms with E-state index in [0.29, 0.717) is 0 Å².